The number of piperidine rings is 1. The van der Waals surface area contributed by atoms with Crippen molar-refractivity contribution in [2.75, 3.05) is 24.5 Å². The molecule has 1 saturated heterocycles. The predicted molar refractivity (Wildman–Crippen MR) is 117 cm³/mol. The van der Waals surface area contributed by atoms with Gasteiger partial charge in [-0.2, -0.15) is 0 Å². The summed E-state index contributed by atoms with van der Waals surface area (Å²) in [4.78, 5) is 24.8. The molecule has 2 heterocycles. The molecule has 154 valence electrons. The fraction of sp³-hybridized carbons (Fsp3) is 0.542. The average Bonchev–Trinajstić information content (AvgIpc) is 3.26. The molecule has 0 unspecified atom stereocenters. The minimum atomic E-state index is 0.124. The number of carbonyl (C=O) groups excluding carboxylic acids is 1. The number of fused-ring (bicyclic) bond motifs is 1. The Morgan fingerprint density at radius 3 is 2.66 bits per heavy atom. The molecule has 1 fully saturated rings. The summed E-state index contributed by atoms with van der Waals surface area (Å²) in [6.07, 6.45) is 6.15. The van der Waals surface area contributed by atoms with Crippen molar-refractivity contribution >= 4 is 11.7 Å². The maximum atomic E-state index is 12.5. The highest BCUT2D eigenvalue weighted by molar-refractivity contribution is 5.79. The lowest BCUT2D eigenvalue weighted by atomic mass is 9.95. The van der Waals surface area contributed by atoms with E-state index in [2.05, 4.69) is 36.2 Å². The number of hydrogen-bond acceptors (Lipinski definition) is 4. The van der Waals surface area contributed by atoms with Gasteiger partial charge in [0.2, 0.25) is 5.91 Å². The SMILES string of the molecule is CC[C@@H](C)CNC(=O)C1CCN(c2nc(-c3ccccc3)nc3c2CCC3)CC1. The Morgan fingerprint density at radius 1 is 1.17 bits per heavy atom. The van der Waals surface area contributed by atoms with Gasteiger partial charge < -0.3 is 10.2 Å². The standard InChI is InChI=1S/C24H32N4O/c1-3-17(2)16-25-24(29)19-12-14-28(15-13-19)23-20-10-7-11-21(20)26-22(27-23)18-8-5-4-6-9-18/h4-6,8-9,17,19H,3,7,10-16H2,1-2H3,(H,25,29)/t17-/m1/s1. The fourth-order valence-electron chi connectivity index (χ4n) is 4.31. The highest BCUT2D eigenvalue weighted by Gasteiger charge is 2.29. The van der Waals surface area contributed by atoms with E-state index >= 15 is 0 Å². The zero-order valence-electron chi connectivity index (χ0n) is 17.7. The molecular formula is C24H32N4O. The molecule has 1 aromatic heterocycles. The Bertz CT molecular complexity index is 843. The number of aromatic nitrogens is 2. The largest absolute Gasteiger partial charge is 0.356 e. The van der Waals surface area contributed by atoms with Gasteiger partial charge in [-0.25, -0.2) is 9.97 Å². The number of hydrogen-bond donors (Lipinski definition) is 1. The molecule has 0 bridgehead atoms. The van der Waals surface area contributed by atoms with Gasteiger partial charge in [-0.05, 0) is 38.0 Å². The second-order valence-corrected chi connectivity index (χ2v) is 8.54. The molecule has 0 saturated carbocycles. The lowest BCUT2D eigenvalue weighted by Crippen LogP contribution is -2.42. The van der Waals surface area contributed by atoms with Crippen molar-refractivity contribution in [1.29, 1.82) is 0 Å². The van der Waals surface area contributed by atoms with Gasteiger partial charge in [-0.15, -0.1) is 0 Å². The fourth-order valence-corrected chi connectivity index (χ4v) is 4.31. The van der Waals surface area contributed by atoms with Gasteiger partial charge in [0, 0.05) is 42.4 Å². The zero-order valence-corrected chi connectivity index (χ0v) is 17.7. The number of aryl methyl sites for hydroxylation is 1. The van der Waals surface area contributed by atoms with Crippen LogP contribution in [0, 0.1) is 11.8 Å². The van der Waals surface area contributed by atoms with Gasteiger partial charge in [0.1, 0.15) is 5.82 Å². The molecule has 1 amide bonds. The molecule has 5 heteroatoms. The number of rotatable bonds is 6. The van der Waals surface area contributed by atoms with Crippen molar-refractivity contribution in [1.82, 2.24) is 15.3 Å². The summed E-state index contributed by atoms with van der Waals surface area (Å²) in [7, 11) is 0. The van der Waals surface area contributed by atoms with E-state index in [0.717, 1.165) is 75.4 Å². The van der Waals surface area contributed by atoms with Crippen LogP contribution in [0.4, 0.5) is 5.82 Å². The second-order valence-electron chi connectivity index (χ2n) is 8.54. The van der Waals surface area contributed by atoms with E-state index in [-0.39, 0.29) is 11.8 Å². The van der Waals surface area contributed by atoms with Crippen LogP contribution in [0.15, 0.2) is 30.3 Å². The first-order valence-corrected chi connectivity index (χ1v) is 11.1. The first-order valence-electron chi connectivity index (χ1n) is 11.1. The molecular weight excluding hydrogens is 360 g/mol. The van der Waals surface area contributed by atoms with E-state index in [4.69, 9.17) is 9.97 Å². The number of amides is 1. The van der Waals surface area contributed by atoms with Crippen LogP contribution in [0.2, 0.25) is 0 Å². The van der Waals surface area contributed by atoms with Crippen LogP contribution >= 0.6 is 0 Å². The van der Waals surface area contributed by atoms with E-state index in [0.29, 0.717) is 5.92 Å². The average molecular weight is 393 g/mol. The first kappa shape index (κ1) is 19.9. The topological polar surface area (TPSA) is 58.1 Å². The van der Waals surface area contributed by atoms with Crippen molar-refractivity contribution in [3.05, 3.63) is 41.6 Å². The van der Waals surface area contributed by atoms with E-state index in [1.807, 2.05) is 18.2 Å². The lowest BCUT2D eigenvalue weighted by molar-refractivity contribution is -0.125. The van der Waals surface area contributed by atoms with Crippen LogP contribution in [0.1, 0.15) is 50.8 Å². The van der Waals surface area contributed by atoms with Crippen LogP contribution < -0.4 is 10.2 Å². The molecule has 0 spiro atoms. The number of benzene rings is 1. The first-order chi connectivity index (χ1) is 14.2. The number of nitrogens with one attached hydrogen (secondary N) is 1. The number of anilines is 1. The Hall–Kier alpha value is -2.43. The van der Waals surface area contributed by atoms with Crippen molar-refractivity contribution < 1.29 is 4.79 Å². The maximum Gasteiger partial charge on any atom is 0.223 e. The normalized spacial score (nSPS) is 17.8. The minimum absolute atomic E-state index is 0.124. The summed E-state index contributed by atoms with van der Waals surface area (Å²) >= 11 is 0. The summed E-state index contributed by atoms with van der Waals surface area (Å²) in [6, 6.07) is 10.3. The van der Waals surface area contributed by atoms with E-state index in [1.54, 1.807) is 0 Å². The summed E-state index contributed by atoms with van der Waals surface area (Å²) in [5.41, 5.74) is 3.61. The van der Waals surface area contributed by atoms with Crippen LogP contribution in [-0.4, -0.2) is 35.5 Å². The third-order valence-corrected chi connectivity index (χ3v) is 6.43. The summed E-state index contributed by atoms with van der Waals surface area (Å²) in [5.74, 6) is 2.82. The molecule has 1 aliphatic heterocycles. The molecule has 1 aliphatic carbocycles. The van der Waals surface area contributed by atoms with Crippen LogP contribution in [0.5, 0.6) is 0 Å². The molecule has 2 aliphatic rings. The summed E-state index contributed by atoms with van der Waals surface area (Å²) < 4.78 is 0. The van der Waals surface area contributed by atoms with Gasteiger partial charge in [0.15, 0.2) is 5.82 Å². The van der Waals surface area contributed by atoms with Gasteiger partial charge in [0.05, 0.1) is 0 Å². The third-order valence-electron chi connectivity index (χ3n) is 6.43. The van der Waals surface area contributed by atoms with Crippen molar-refractivity contribution in [2.45, 2.75) is 52.4 Å². The van der Waals surface area contributed by atoms with Crippen LogP contribution in [0.25, 0.3) is 11.4 Å². The third kappa shape index (κ3) is 4.44. The highest BCUT2D eigenvalue weighted by Crippen LogP contribution is 2.33. The molecule has 2 aromatic rings. The molecule has 1 aromatic carbocycles. The lowest BCUT2D eigenvalue weighted by Gasteiger charge is -2.33. The molecule has 0 radical (unpaired) electrons. The molecule has 5 nitrogen and oxygen atoms in total. The number of nitrogens with zero attached hydrogens (tertiary/aromatic N) is 3. The monoisotopic (exact) mass is 392 g/mol. The minimum Gasteiger partial charge on any atom is -0.356 e. The molecule has 4 rings (SSSR count). The number of carbonyl (C=O) groups is 1. The summed E-state index contributed by atoms with van der Waals surface area (Å²) in [6.45, 7) is 6.91. The van der Waals surface area contributed by atoms with Crippen LogP contribution in [0.3, 0.4) is 0 Å². The second kappa shape index (κ2) is 8.93. The highest BCUT2D eigenvalue weighted by atomic mass is 16.1. The molecule has 29 heavy (non-hydrogen) atoms. The van der Waals surface area contributed by atoms with E-state index in [1.165, 1.54) is 11.3 Å². The van der Waals surface area contributed by atoms with Crippen LogP contribution in [-0.2, 0) is 17.6 Å². The van der Waals surface area contributed by atoms with Gasteiger partial charge in [0.25, 0.3) is 0 Å². The van der Waals surface area contributed by atoms with Gasteiger partial charge in [-0.1, -0.05) is 50.6 Å². The smallest absolute Gasteiger partial charge is 0.223 e. The summed E-state index contributed by atoms with van der Waals surface area (Å²) in [5, 5.41) is 3.15. The van der Waals surface area contributed by atoms with Crippen molar-refractivity contribution in [2.24, 2.45) is 11.8 Å². The van der Waals surface area contributed by atoms with Gasteiger partial charge >= 0.3 is 0 Å². The van der Waals surface area contributed by atoms with Gasteiger partial charge in [-0.3, -0.25) is 4.79 Å². The predicted octanol–water partition coefficient (Wildman–Crippen LogP) is 4.01. The Kier molecular flexibility index (Phi) is 6.12. The molecule has 1 N–H and O–H groups in total. The van der Waals surface area contributed by atoms with Crippen molar-refractivity contribution in [3.8, 4) is 11.4 Å². The Morgan fingerprint density at radius 2 is 1.93 bits per heavy atom. The quantitative estimate of drug-likeness (QED) is 0.807. The maximum absolute atomic E-state index is 12.5. The molecule has 1 atom stereocenters. The zero-order chi connectivity index (χ0) is 20.2. The Labute approximate surface area is 173 Å². The van der Waals surface area contributed by atoms with Crippen molar-refractivity contribution in [3.63, 3.8) is 0 Å². The van der Waals surface area contributed by atoms with E-state index in [9.17, 15) is 4.79 Å². The van der Waals surface area contributed by atoms with E-state index < -0.39 is 0 Å². The Balaban J connectivity index is 1.47.